The number of hydrogen-bond donors (Lipinski definition) is 2. The van der Waals surface area contributed by atoms with Gasteiger partial charge in [-0.3, -0.25) is 19.9 Å². The fourth-order valence-electron chi connectivity index (χ4n) is 2.60. The van der Waals surface area contributed by atoms with Gasteiger partial charge in [0.15, 0.2) is 17.3 Å². The van der Waals surface area contributed by atoms with Crippen molar-refractivity contribution in [3.63, 3.8) is 0 Å². The first-order valence-corrected chi connectivity index (χ1v) is 7.62. The second-order valence-electron chi connectivity index (χ2n) is 5.51. The molecular formula is C18H11F2N5O. The fourth-order valence-corrected chi connectivity index (χ4v) is 2.60. The second kappa shape index (κ2) is 6.32. The summed E-state index contributed by atoms with van der Waals surface area (Å²) in [5.41, 5.74) is 1.79. The summed E-state index contributed by atoms with van der Waals surface area (Å²) in [5.74, 6) is -2.66. The predicted molar refractivity (Wildman–Crippen MR) is 91.4 cm³/mol. The summed E-state index contributed by atoms with van der Waals surface area (Å²) in [7, 11) is 0. The molecule has 0 saturated heterocycles. The number of carbonyl (C=O) groups excluding carboxylic acids is 1. The molecule has 0 spiro atoms. The first-order chi connectivity index (χ1) is 12.6. The second-order valence-corrected chi connectivity index (χ2v) is 5.51. The summed E-state index contributed by atoms with van der Waals surface area (Å²) in [6, 6.07) is 9.09. The van der Waals surface area contributed by atoms with Crippen molar-refractivity contribution in [2.75, 3.05) is 5.32 Å². The number of halogens is 2. The number of hydrogen-bond acceptors (Lipinski definition) is 4. The van der Waals surface area contributed by atoms with Gasteiger partial charge in [-0.1, -0.05) is 12.1 Å². The lowest BCUT2D eigenvalue weighted by molar-refractivity contribution is 0.102. The fraction of sp³-hybridized carbons (Fsp3) is 0. The smallest absolute Gasteiger partial charge is 0.276 e. The molecule has 1 aromatic carbocycles. The highest BCUT2D eigenvalue weighted by atomic mass is 19.1. The van der Waals surface area contributed by atoms with Gasteiger partial charge in [-0.25, -0.2) is 8.78 Å². The maximum absolute atomic E-state index is 13.7. The van der Waals surface area contributed by atoms with Crippen molar-refractivity contribution >= 4 is 22.5 Å². The van der Waals surface area contributed by atoms with Crippen molar-refractivity contribution in [3.05, 3.63) is 72.4 Å². The molecule has 4 aromatic rings. The van der Waals surface area contributed by atoms with E-state index in [2.05, 4.69) is 25.5 Å². The van der Waals surface area contributed by atoms with E-state index in [1.165, 1.54) is 0 Å². The summed E-state index contributed by atoms with van der Waals surface area (Å²) in [6.07, 6.45) is 5.00. The van der Waals surface area contributed by atoms with Crippen LogP contribution < -0.4 is 5.32 Å². The highest BCUT2D eigenvalue weighted by Crippen LogP contribution is 2.26. The third kappa shape index (κ3) is 2.77. The number of H-pyrrole nitrogens is 1. The Morgan fingerprint density at radius 2 is 1.81 bits per heavy atom. The summed E-state index contributed by atoms with van der Waals surface area (Å²) >= 11 is 0. The lowest BCUT2D eigenvalue weighted by Crippen LogP contribution is -2.15. The SMILES string of the molecule is O=C(Nc1c(F)cncc1F)c1n[nH]c2ccc(-c3cccnc3)cc12. The Balaban J connectivity index is 1.73. The van der Waals surface area contributed by atoms with Crippen LogP contribution in [0.5, 0.6) is 0 Å². The largest absolute Gasteiger partial charge is 0.316 e. The Hall–Kier alpha value is -3.68. The minimum Gasteiger partial charge on any atom is -0.316 e. The molecule has 0 atom stereocenters. The van der Waals surface area contributed by atoms with Crippen molar-refractivity contribution in [1.29, 1.82) is 0 Å². The molecule has 8 heteroatoms. The van der Waals surface area contributed by atoms with Gasteiger partial charge in [0.1, 0.15) is 5.69 Å². The molecule has 2 N–H and O–H groups in total. The molecule has 6 nitrogen and oxygen atoms in total. The zero-order valence-corrected chi connectivity index (χ0v) is 13.2. The topological polar surface area (TPSA) is 83.6 Å². The van der Waals surface area contributed by atoms with Gasteiger partial charge in [0.05, 0.1) is 17.9 Å². The number of benzene rings is 1. The van der Waals surface area contributed by atoms with Crippen LogP contribution in [0.4, 0.5) is 14.5 Å². The maximum atomic E-state index is 13.7. The molecule has 0 bridgehead atoms. The molecule has 0 saturated carbocycles. The van der Waals surface area contributed by atoms with Crippen LogP contribution >= 0.6 is 0 Å². The van der Waals surface area contributed by atoms with Crippen molar-refractivity contribution in [3.8, 4) is 11.1 Å². The van der Waals surface area contributed by atoms with Crippen molar-refractivity contribution < 1.29 is 13.6 Å². The number of nitrogens with zero attached hydrogens (tertiary/aromatic N) is 3. The van der Waals surface area contributed by atoms with Crippen molar-refractivity contribution in [2.45, 2.75) is 0 Å². The van der Waals surface area contributed by atoms with Gasteiger partial charge in [-0.2, -0.15) is 5.10 Å². The Labute approximate surface area is 145 Å². The van der Waals surface area contributed by atoms with Crippen LogP contribution in [0, 0.1) is 11.6 Å². The van der Waals surface area contributed by atoms with Crippen LogP contribution in [0.15, 0.2) is 55.1 Å². The highest BCUT2D eigenvalue weighted by Gasteiger charge is 2.19. The van der Waals surface area contributed by atoms with Crippen molar-refractivity contribution in [2.24, 2.45) is 0 Å². The number of nitrogens with one attached hydrogen (secondary N) is 2. The highest BCUT2D eigenvalue weighted by molar-refractivity contribution is 6.11. The van der Waals surface area contributed by atoms with Gasteiger partial charge in [0, 0.05) is 23.3 Å². The Bertz CT molecular complexity index is 1090. The Kier molecular flexibility index (Phi) is 3.85. The molecule has 0 aliphatic heterocycles. The molecule has 128 valence electrons. The van der Waals surface area contributed by atoms with E-state index < -0.39 is 23.2 Å². The molecule has 26 heavy (non-hydrogen) atoms. The van der Waals surface area contributed by atoms with E-state index in [-0.39, 0.29) is 5.69 Å². The van der Waals surface area contributed by atoms with Crippen LogP contribution in [-0.4, -0.2) is 26.1 Å². The number of amides is 1. The van der Waals surface area contributed by atoms with Crippen molar-refractivity contribution in [1.82, 2.24) is 20.2 Å². The molecule has 3 heterocycles. The van der Waals surface area contributed by atoms with E-state index in [0.717, 1.165) is 23.5 Å². The molecular weight excluding hydrogens is 340 g/mol. The maximum Gasteiger partial charge on any atom is 0.276 e. The molecule has 0 fully saturated rings. The van der Waals surface area contributed by atoms with Gasteiger partial charge in [0.2, 0.25) is 0 Å². The quantitative estimate of drug-likeness (QED) is 0.591. The van der Waals surface area contributed by atoms with Crippen LogP contribution in [0.3, 0.4) is 0 Å². The molecule has 0 unspecified atom stereocenters. The van der Waals surface area contributed by atoms with Gasteiger partial charge in [-0.15, -0.1) is 0 Å². The Morgan fingerprint density at radius 3 is 2.54 bits per heavy atom. The molecule has 0 aliphatic carbocycles. The first kappa shape index (κ1) is 15.8. The van der Waals surface area contributed by atoms with Crippen LogP contribution in [-0.2, 0) is 0 Å². The third-order valence-electron chi connectivity index (χ3n) is 3.86. The number of rotatable bonds is 3. The zero-order chi connectivity index (χ0) is 18.1. The van der Waals surface area contributed by atoms with E-state index in [1.54, 1.807) is 30.6 Å². The average molecular weight is 351 g/mol. The summed E-state index contributed by atoms with van der Waals surface area (Å²) in [6.45, 7) is 0. The predicted octanol–water partition coefficient (Wildman–Crippen LogP) is 3.55. The number of aromatic amines is 1. The number of fused-ring (bicyclic) bond motifs is 1. The number of pyridine rings is 2. The third-order valence-corrected chi connectivity index (χ3v) is 3.86. The van der Waals surface area contributed by atoms with E-state index >= 15 is 0 Å². The summed E-state index contributed by atoms with van der Waals surface area (Å²) in [4.78, 5) is 19.9. The molecule has 0 radical (unpaired) electrons. The molecule has 0 aliphatic rings. The van der Waals surface area contributed by atoms with Crippen LogP contribution in [0.25, 0.3) is 22.0 Å². The molecule has 4 rings (SSSR count). The van der Waals surface area contributed by atoms with Gasteiger partial charge >= 0.3 is 0 Å². The minimum atomic E-state index is -0.964. The van der Waals surface area contributed by atoms with Gasteiger partial charge < -0.3 is 5.32 Å². The Morgan fingerprint density at radius 1 is 1.00 bits per heavy atom. The van der Waals surface area contributed by atoms with Crippen LogP contribution in [0.2, 0.25) is 0 Å². The average Bonchev–Trinajstić information content (AvgIpc) is 3.09. The molecule has 3 aromatic heterocycles. The monoisotopic (exact) mass is 351 g/mol. The number of carbonyl (C=O) groups is 1. The van der Waals surface area contributed by atoms with Gasteiger partial charge in [0.25, 0.3) is 5.91 Å². The summed E-state index contributed by atoms with van der Waals surface area (Å²) < 4.78 is 27.4. The first-order valence-electron chi connectivity index (χ1n) is 7.62. The zero-order valence-electron chi connectivity index (χ0n) is 13.2. The van der Waals surface area contributed by atoms with E-state index in [0.29, 0.717) is 10.9 Å². The number of anilines is 1. The normalized spacial score (nSPS) is 10.8. The van der Waals surface area contributed by atoms with E-state index in [4.69, 9.17) is 0 Å². The molecule has 1 amide bonds. The lowest BCUT2D eigenvalue weighted by Gasteiger charge is -2.06. The van der Waals surface area contributed by atoms with Gasteiger partial charge in [-0.05, 0) is 23.8 Å². The minimum absolute atomic E-state index is 0.0290. The summed E-state index contributed by atoms with van der Waals surface area (Å²) in [5, 5.41) is 9.44. The number of aromatic nitrogens is 4. The standard InChI is InChI=1S/C18H11F2N5O/c19-13-8-22-9-14(20)17(13)23-18(26)16-12-6-10(3-4-15(12)24-25-16)11-2-1-5-21-7-11/h1-9H,(H,24,25)(H,22,23,26). The van der Waals surface area contributed by atoms with Crippen LogP contribution in [0.1, 0.15) is 10.5 Å². The lowest BCUT2D eigenvalue weighted by atomic mass is 10.0. The van der Waals surface area contributed by atoms with E-state index in [9.17, 15) is 13.6 Å². The van der Waals surface area contributed by atoms with E-state index in [1.807, 2.05) is 12.1 Å².